The van der Waals surface area contributed by atoms with Crippen LogP contribution < -0.4 is 9.04 Å². The standard InChI is InChI=1S/C22H17ClF4N2O5S/c1-33-12-29(35(31,32)15-6-3-5-13(9-15)22(25,26)27)17-10-14(23)11-28-20(17)21(30)19-16(24)7-4-8-18(19)34-2/h3-11H,12H2,1-2H3. The first-order chi connectivity index (χ1) is 16.4. The highest BCUT2D eigenvalue weighted by atomic mass is 35.5. The number of ketones is 1. The van der Waals surface area contributed by atoms with Gasteiger partial charge in [0.2, 0.25) is 5.78 Å². The molecule has 3 aromatic rings. The Balaban J connectivity index is 2.23. The number of methoxy groups -OCH3 is 2. The maximum absolute atomic E-state index is 14.6. The molecule has 1 aromatic heterocycles. The highest BCUT2D eigenvalue weighted by molar-refractivity contribution is 7.92. The zero-order valence-electron chi connectivity index (χ0n) is 18.1. The number of sulfonamides is 1. The Hall–Kier alpha value is -3.22. The summed E-state index contributed by atoms with van der Waals surface area (Å²) in [5, 5.41) is -0.0996. The molecule has 0 unspecified atom stereocenters. The smallest absolute Gasteiger partial charge is 0.416 e. The third-order valence-electron chi connectivity index (χ3n) is 4.74. The Morgan fingerprint density at radius 2 is 1.80 bits per heavy atom. The number of hydrogen-bond acceptors (Lipinski definition) is 6. The quantitative estimate of drug-likeness (QED) is 0.232. The lowest BCUT2D eigenvalue weighted by Crippen LogP contribution is -2.34. The van der Waals surface area contributed by atoms with E-state index in [0.29, 0.717) is 16.4 Å². The summed E-state index contributed by atoms with van der Waals surface area (Å²) in [5.41, 5.74) is -2.72. The fourth-order valence-corrected chi connectivity index (χ4v) is 4.73. The molecule has 0 amide bonds. The number of anilines is 1. The van der Waals surface area contributed by atoms with Crippen molar-refractivity contribution >= 4 is 33.1 Å². The molecule has 0 aliphatic rings. The Bertz CT molecular complexity index is 1370. The second-order valence-corrected chi connectivity index (χ2v) is 9.26. The molecule has 0 spiro atoms. The molecule has 0 saturated heterocycles. The monoisotopic (exact) mass is 532 g/mol. The normalized spacial score (nSPS) is 11.9. The number of alkyl halides is 3. The highest BCUT2D eigenvalue weighted by Gasteiger charge is 2.35. The number of carbonyl (C=O) groups excluding carboxylic acids is 1. The van der Waals surface area contributed by atoms with E-state index in [-0.39, 0.29) is 10.8 Å². The summed E-state index contributed by atoms with van der Waals surface area (Å²) in [6, 6.07) is 7.70. The number of carbonyl (C=O) groups is 1. The van der Waals surface area contributed by atoms with Gasteiger partial charge in [0, 0.05) is 13.3 Å². The fraction of sp³-hybridized carbons (Fsp3) is 0.182. The Labute approximate surface area is 202 Å². The van der Waals surface area contributed by atoms with Gasteiger partial charge in [0.1, 0.15) is 29.6 Å². The molecule has 35 heavy (non-hydrogen) atoms. The van der Waals surface area contributed by atoms with Crippen molar-refractivity contribution in [1.82, 2.24) is 4.98 Å². The van der Waals surface area contributed by atoms with Crippen molar-refractivity contribution in [3.63, 3.8) is 0 Å². The van der Waals surface area contributed by atoms with Crippen LogP contribution >= 0.6 is 11.6 Å². The van der Waals surface area contributed by atoms with Gasteiger partial charge in [0.05, 0.1) is 28.3 Å². The summed E-state index contributed by atoms with van der Waals surface area (Å²) in [4.78, 5) is 16.5. The van der Waals surface area contributed by atoms with Gasteiger partial charge in [-0.1, -0.05) is 23.7 Å². The average Bonchev–Trinajstić information content (AvgIpc) is 2.81. The number of ether oxygens (including phenoxy) is 2. The minimum atomic E-state index is -4.81. The molecule has 2 aromatic carbocycles. The Kier molecular flexibility index (Phi) is 7.68. The van der Waals surface area contributed by atoms with Crippen molar-refractivity contribution in [2.75, 3.05) is 25.3 Å². The van der Waals surface area contributed by atoms with Crippen LogP contribution in [0.4, 0.5) is 23.2 Å². The van der Waals surface area contributed by atoms with Gasteiger partial charge in [-0.05, 0) is 36.4 Å². The molecule has 0 fully saturated rings. The van der Waals surface area contributed by atoms with Gasteiger partial charge < -0.3 is 9.47 Å². The first kappa shape index (κ1) is 26.4. The SMILES string of the molecule is COCN(c1cc(Cl)cnc1C(=O)c1c(F)cccc1OC)S(=O)(=O)c1cccc(C(F)(F)F)c1. The van der Waals surface area contributed by atoms with Crippen LogP contribution in [-0.4, -0.2) is 40.1 Å². The topological polar surface area (TPSA) is 85.8 Å². The second kappa shape index (κ2) is 10.2. The zero-order chi connectivity index (χ0) is 26.0. The molecule has 0 aliphatic carbocycles. The molecular formula is C22H17ClF4N2O5S. The third-order valence-corrected chi connectivity index (χ3v) is 6.67. The summed E-state index contributed by atoms with van der Waals surface area (Å²) in [6.07, 6.45) is -3.77. The molecule has 13 heteroatoms. The van der Waals surface area contributed by atoms with Crippen molar-refractivity contribution in [3.8, 4) is 5.75 Å². The molecule has 0 radical (unpaired) electrons. The van der Waals surface area contributed by atoms with Gasteiger partial charge >= 0.3 is 6.18 Å². The maximum Gasteiger partial charge on any atom is 0.416 e. The van der Waals surface area contributed by atoms with Gasteiger partial charge in [0.15, 0.2) is 0 Å². The fourth-order valence-electron chi connectivity index (χ4n) is 3.15. The molecule has 3 rings (SSSR count). The predicted molar refractivity (Wildman–Crippen MR) is 119 cm³/mol. The van der Waals surface area contributed by atoms with E-state index < -0.39 is 61.9 Å². The summed E-state index contributed by atoms with van der Waals surface area (Å²) in [6.45, 7) is -0.727. The van der Waals surface area contributed by atoms with Crippen LogP contribution in [0.5, 0.6) is 5.75 Å². The molecular weight excluding hydrogens is 516 g/mol. The lowest BCUT2D eigenvalue weighted by Gasteiger charge is -2.25. The molecule has 186 valence electrons. The second-order valence-electron chi connectivity index (χ2n) is 6.96. The average molecular weight is 533 g/mol. The number of halogens is 5. The van der Waals surface area contributed by atoms with Crippen LogP contribution in [-0.2, 0) is 20.9 Å². The zero-order valence-corrected chi connectivity index (χ0v) is 19.7. The summed E-state index contributed by atoms with van der Waals surface area (Å²) in [5.74, 6) is -2.15. The van der Waals surface area contributed by atoms with Gasteiger partial charge in [-0.15, -0.1) is 0 Å². The van der Waals surface area contributed by atoms with Gasteiger partial charge in [-0.25, -0.2) is 22.1 Å². The molecule has 0 saturated carbocycles. The van der Waals surface area contributed by atoms with Crippen LogP contribution in [0.25, 0.3) is 0 Å². The number of rotatable bonds is 8. The minimum Gasteiger partial charge on any atom is -0.496 e. The van der Waals surface area contributed by atoms with Crippen molar-refractivity contribution in [2.24, 2.45) is 0 Å². The van der Waals surface area contributed by atoms with Crippen LogP contribution in [0.2, 0.25) is 5.02 Å². The number of pyridine rings is 1. The summed E-state index contributed by atoms with van der Waals surface area (Å²) >= 11 is 6.00. The highest BCUT2D eigenvalue weighted by Crippen LogP contribution is 2.35. The minimum absolute atomic E-state index is 0.0996. The predicted octanol–water partition coefficient (Wildman–Crippen LogP) is 4.93. The lowest BCUT2D eigenvalue weighted by atomic mass is 10.0. The number of hydrogen-bond donors (Lipinski definition) is 0. The van der Waals surface area contributed by atoms with Gasteiger partial charge in [-0.3, -0.25) is 4.79 Å². The first-order valence-electron chi connectivity index (χ1n) is 9.63. The Morgan fingerprint density at radius 3 is 2.43 bits per heavy atom. The molecule has 0 N–H and O–H groups in total. The van der Waals surface area contributed by atoms with E-state index in [2.05, 4.69) is 4.98 Å². The van der Waals surface area contributed by atoms with Gasteiger partial charge in [-0.2, -0.15) is 13.2 Å². The third kappa shape index (κ3) is 5.39. The van der Waals surface area contributed by atoms with Crippen molar-refractivity contribution in [2.45, 2.75) is 11.1 Å². The summed E-state index contributed by atoms with van der Waals surface area (Å²) < 4.78 is 91.5. The van der Waals surface area contributed by atoms with E-state index in [1.54, 1.807) is 0 Å². The Morgan fingerprint density at radius 1 is 1.11 bits per heavy atom. The van der Waals surface area contributed by atoms with Crippen LogP contribution in [0.3, 0.4) is 0 Å². The number of aromatic nitrogens is 1. The van der Waals surface area contributed by atoms with Crippen LogP contribution in [0.15, 0.2) is 59.6 Å². The molecule has 1 heterocycles. The molecule has 0 bridgehead atoms. The van der Waals surface area contributed by atoms with Crippen molar-refractivity contribution < 1.29 is 40.2 Å². The van der Waals surface area contributed by atoms with E-state index in [4.69, 9.17) is 21.1 Å². The van der Waals surface area contributed by atoms with Crippen LogP contribution in [0.1, 0.15) is 21.6 Å². The van der Waals surface area contributed by atoms with E-state index in [9.17, 15) is 30.8 Å². The van der Waals surface area contributed by atoms with E-state index in [1.807, 2.05) is 0 Å². The van der Waals surface area contributed by atoms with E-state index >= 15 is 0 Å². The lowest BCUT2D eigenvalue weighted by molar-refractivity contribution is -0.137. The number of benzene rings is 2. The molecule has 0 atom stereocenters. The molecule has 7 nitrogen and oxygen atoms in total. The van der Waals surface area contributed by atoms with Crippen molar-refractivity contribution in [3.05, 3.63) is 82.4 Å². The van der Waals surface area contributed by atoms with E-state index in [1.165, 1.54) is 19.2 Å². The first-order valence-corrected chi connectivity index (χ1v) is 11.4. The van der Waals surface area contributed by atoms with Crippen LogP contribution in [0, 0.1) is 5.82 Å². The summed E-state index contributed by atoms with van der Waals surface area (Å²) in [7, 11) is -2.41. The van der Waals surface area contributed by atoms with E-state index in [0.717, 1.165) is 37.6 Å². The maximum atomic E-state index is 14.6. The molecule has 0 aliphatic heterocycles. The largest absolute Gasteiger partial charge is 0.496 e. The number of nitrogens with zero attached hydrogens (tertiary/aromatic N) is 2. The van der Waals surface area contributed by atoms with Gasteiger partial charge in [0.25, 0.3) is 10.0 Å². The van der Waals surface area contributed by atoms with Crippen molar-refractivity contribution in [1.29, 1.82) is 0 Å².